The summed E-state index contributed by atoms with van der Waals surface area (Å²) in [6.45, 7) is 0. The first-order valence-electron chi connectivity index (χ1n) is 16.9. The molecule has 0 atom stereocenters. The number of rotatable bonds is 8. The summed E-state index contributed by atoms with van der Waals surface area (Å²) in [5, 5.41) is 3.26. The molecule has 0 spiro atoms. The summed E-state index contributed by atoms with van der Waals surface area (Å²) < 4.78 is 0. The lowest BCUT2D eigenvalue weighted by Crippen LogP contribution is -2.22. The summed E-state index contributed by atoms with van der Waals surface area (Å²) in [4.78, 5) is 0. The van der Waals surface area contributed by atoms with Gasteiger partial charge in [-0.15, -0.1) is 0 Å². The van der Waals surface area contributed by atoms with E-state index in [0.29, 0.717) is 0 Å². The van der Waals surface area contributed by atoms with Crippen LogP contribution in [0.4, 0.5) is 0 Å². The zero-order chi connectivity index (χ0) is 25.6. The van der Waals surface area contributed by atoms with Crippen LogP contribution in [0.5, 0.6) is 0 Å². The lowest BCUT2D eigenvalue weighted by molar-refractivity contribution is 0.484. The fourth-order valence-electron chi connectivity index (χ4n) is 8.92. The van der Waals surface area contributed by atoms with E-state index in [1.165, 1.54) is 141 Å². The minimum absolute atomic E-state index is 0.102. The van der Waals surface area contributed by atoms with Crippen molar-refractivity contribution >= 4 is 26.6 Å². The summed E-state index contributed by atoms with van der Waals surface area (Å²) in [6.07, 6.45) is 33.1. The van der Waals surface area contributed by atoms with Gasteiger partial charge in [-0.05, 0) is 108 Å². The van der Waals surface area contributed by atoms with Crippen LogP contribution < -0.4 is 0 Å². The largest absolute Gasteiger partial charge is 0.0958 e. The van der Waals surface area contributed by atoms with E-state index >= 15 is 0 Å². The molecule has 4 fully saturated rings. The van der Waals surface area contributed by atoms with Gasteiger partial charge in [0.25, 0.3) is 0 Å². The first kappa shape index (κ1) is 27.7. The number of benzene rings is 2. The van der Waals surface area contributed by atoms with Gasteiger partial charge in [-0.3, -0.25) is 0 Å². The fraction of sp³-hybridized carbons (Fsp3) is 0.722. The van der Waals surface area contributed by atoms with Gasteiger partial charge in [0.2, 0.25) is 0 Å². The van der Waals surface area contributed by atoms with Crippen molar-refractivity contribution in [2.45, 2.75) is 163 Å². The number of fused-ring (bicyclic) bond motifs is 1. The van der Waals surface area contributed by atoms with Crippen molar-refractivity contribution in [2.75, 3.05) is 0 Å². The molecule has 0 bridgehead atoms. The Kier molecular flexibility index (Phi) is 10.2. The average molecular weight is 549 g/mol. The van der Waals surface area contributed by atoms with Crippen molar-refractivity contribution in [1.29, 1.82) is 0 Å². The smallest absolute Gasteiger partial charge is 0.00619 e. The van der Waals surface area contributed by atoms with E-state index < -0.39 is 0 Å². The summed E-state index contributed by atoms with van der Waals surface area (Å²) in [5.41, 5.74) is 7.69. The average Bonchev–Trinajstić information content (AvgIpc) is 3.00. The predicted molar refractivity (Wildman–Crippen MR) is 173 cm³/mol. The van der Waals surface area contributed by atoms with E-state index in [1.54, 1.807) is 21.9 Å². The maximum atomic E-state index is 2.58. The molecule has 4 aliphatic carbocycles. The minimum Gasteiger partial charge on any atom is -0.0958 e. The summed E-state index contributed by atoms with van der Waals surface area (Å²) in [6, 6.07) is 14.8. The molecule has 2 heteroatoms. The zero-order valence-electron chi connectivity index (χ0n) is 24.2. The first-order valence-corrected chi connectivity index (χ1v) is 20.2. The van der Waals surface area contributed by atoms with Crippen LogP contribution in [0.15, 0.2) is 36.4 Å². The Morgan fingerprint density at radius 1 is 0.421 bits per heavy atom. The molecule has 0 nitrogen and oxygen atoms in total. The van der Waals surface area contributed by atoms with E-state index in [-0.39, 0.29) is 15.8 Å². The Hall–Kier alpha value is -0.440. The van der Waals surface area contributed by atoms with Crippen LogP contribution in [0, 0.1) is 0 Å². The molecule has 0 aliphatic heterocycles. The Labute approximate surface area is 237 Å². The van der Waals surface area contributed by atoms with Gasteiger partial charge in [0.15, 0.2) is 0 Å². The zero-order valence-corrected chi connectivity index (χ0v) is 26.0. The molecule has 2 aromatic rings. The molecular weight excluding hydrogens is 494 g/mol. The Morgan fingerprint density at radius 2 is 0.737 bits per heavy atom. The van der Waals surface area contributed by atoms with Crippen molar-refractivity contribution in [2.24, 2.45) is 0 Å². The highest BCUT2D eigenvalue weighted by atomic mass is 31.1. The van der Waals surface area contributed by atoms with Crippen LogP contribution in [-0.4, -0.2) is 22.6 Å². The Morgan fingerprint density at radius 3 is 1.05 bits per heavy atom. The Bertz CT molecular complexity index is 877. The molecule has 2 aromatic carbocycles. The third-order valence-corrected chi connectivity index (χ3v) is 18.2. The second-order valence-corrected chi connectivity index (χ2v) is 19.1. The van der Waals surface area contributed by atoms with Crippen molar-refractivity contribution in [3.8, 4) is 0 Å². The second kappa shape index (κ2) is 14.0. The van der Waals surface area contributed by atoms with Crippen molar-refractivity contribution < 1.29 is 0 Å². The van der Waals surface area contributed by atoms with Gasteiger partial charge in [-0.1, -0.05) is 129 Å². The molecule has 0 aromatic heterocycles. The fourth-order valence-corrected chi connectivity index (χ4v) is 16.6. The summed E-state index contributed by atoms with van der Waals surface area (Å²) >= 11 is 0. The molecule has 208 valence electrons. The van der Waals surface area contributed by atoms with Gasteiger partial charge >= 0.3 is 0 Å². The maximum absolute atomic E-state index is 2.58. The maximum Gasteiger partial charge on any atom is -0.00619 e. The standard InChI is InChI=1S/C36H54P2/c1-5-19-32(20-6-1)37(33-21-7-2-8-22-33)27-30-17-13-15-29-16-14-18-31(36(29)30)28-38(34-23-9-3-10-24-34)35-25-11-4-12-26-35/h13-18,32-35H,1-12,19-28H2. The van der Waals surface area contributed by atoms with Gasteiger partial charge in [-0.2, -0.15) is 0 Å². The van der Waals surface area contributed by atoms with Crippen molar-refractivity contribution in [3.63, 3.8) is 0 Å². The van der Waals surface area contributed by atoms with Crippen LogP contribution >= 0.6 is 15.8 Å². The molecule has 0 N–H and O–H groups in total. The number of hydrogen-bond donors (Lipinski definition) is 0. The van der Waals surface area contributed by atoms with Gasteiger partial charge in [0.1, 0.15) is 0 Å². The summed E-state index contributed by atoms with van der Waals surface area (Å²) in [5.74, 6) is 0. The topological polar surface area (TPSA) is 0 Å². The van der Waals surface area contributed by atoms with Crippen LogP contribution in [0.25, 0.3) is 10.8 Å². The van der Waals surface area contributed by atoms with E-state index in [0.717, 1.165) is 22.6 Å². The molecule has 0 amide bonds. The molecule has 38 heavy (non-hydrogen) atoms. The number of hydrogen-bond acceptors (Lipinski definition) is 0. The molecule has 4 aliphatic rings. The van der Waals surface area contributed by atoms with Crippen LogP contribution in [-0.2, 0) is 12.3 Å². The van der Waals surface area contributed by atoms with E-state index in [9.17, 15) is 0 Å². The minimum atomic E-state index is 0.102. The second-order valence-electron chi connectivity index (χ2n) is 13.4. The Balaban J connectivity index is 1.32. The molecule has 0 radical (unpaired) electrons. The third kappa shape index (κ3) is 6.71. The van der Waals surface area contributed by atoms with Gasteiger partial charge in [-0.25, -0.2) is 0 Å². The van der Waals surface area contributed by atoms with Crippen LogP contribution in [0.3, 0.4) is 0 Å². The van der Waals surface area contributed by atoms with Crippen LogP contribution in [0.1, 0.15) is 140 Å². The lowest BCUT2D eigenvalue weighted by atomic mass is 9.99. The van der Waals surface area contributed by atoms with E-state index in [4.69, 9.17) is 0 Å². The van der Waals surface area contributed by atoms with Gasteiger partial charge in [0, 0.05) is 0 Å². The molecule has 6 rings (SSSR count). The molecule has 0 heterocycles. The highest BCUT2D eigenvalue weighted by molar-refractivity contribution is 7.58. The molecule has 0 unspecified atom stereocenters. The lowest BCUT2D eigenvalue weighted by Gasteiger charge is -2.39. The SMILES string of the molecule is c1cc(CP(C2CCCCC2)C2CCCCC2)c2c(CP(C3CCCCC3)C3CCCCC3)cccc2c1. The van der Waals surface area contributed by atoms with Gasteiger partial charge in [0.05, 0.1) is 0 Å². The van der Waals surface area contributed by atoms with Crippen molar-refractivity contribution in [1.82, 2.24) is 0 Å². The summed E-state index contributed by atoms with van der Waals surface area (Å²) in [7, 11) is 0.204. The normalized spacial score (nSPS) is 23.5. The quantitative estimate of drug-likeness (QED) is 0.288. The van der Waals surface area contributed by atoms with E-state index in [2.05, 4.69) is 36.4 Å². The van der Waals surface area contributed by atoms with Crippen LogP contribution in [0.2, 0.25) is 0 Å². The highest BCUT2D eigenvalue weighted by Gasteiger charge is 2.33. The van der Waals surface area contributed by atoms with Crippen molar-refractivity contribution in [3.05, 3.63) is 47.5 Å². The predicted octanol–water partition coefficient (Wildman–Crippen LogP) is 12.1. The van der Waals surface area contributed by atoms with E-state index in [1.807, 2.05) is 0 Å². The first-order chi connectivity index (χ1) is 18.9. The third-order valence-electron chi connectivity index (χ3n) is 11.0. The van der Waals surface area contributed by atoms with Gasteiger partial charge < -0.3 is 0 Å². The molecule has 0 saturated heterocycles. The molecule has 4 saturated carbocycles. The monoisotopic (exact) mass is 548 g/mol. The highest BCUT2D eigenvalue weighted by Crippen LogP contribution is 2.60. The molecular formula is C36H54P2.